The summed E-state index contributed by atoms with van der Waals surface area (Å²) in [5, 5.41) is 0. The topological polar surface area (TPSA) is 51.2 Å². The predicted octanol–water partition coefficient (Wildman–Crippen LogP) is 2.52. The number of carbonyl (C=O) groups is 1. The summed E-state index contributed by atoms with van der Waals surface area (Å²) in [5.41, 5.74) is 1.49. The highest BCUT2D eigenvalue weighted by atomic mass is 19.1. The zero-order valence-electron chi connectivity index (χ0n) is 15.1. The van der Waals surface area contributed by atoms with Crippen molar-refractivity contribution in [3.8, 4) is 17.2 Å². The van der Waals surface area contributed by atoms with Crippen molar-refractivity contribution in [1.29, 1.82) is 0 Å². The fraction of sp³-hybridized carbons (Fsp3) is 0.350. The highest BCUT2D eigenvalue weighted by Crippen LogP contribution is 2.32. The Morgan fingerprint density at radius 2 is 1.85 bits per heavy atom. The van der Waals surface area contributed by atoms with E-state index in [0.29, 0.717) is 36.7 Å². The second kappa shape index (κ2) is 7.44. The molecular weight excluding hydrogens is 351 g/mol. The van der Waals surface area contributed by atoms with Crippen molar-refractivity contribution in [2.75, 3.05) is 40.1 Å². The molecule has 0 radical (unpaired) electrons. The largest absolute Gasteiger partial charge is 0.494 e. The number of ether oxygens (including phenoxy) is 3. The molecule has 6 nitrogen and oxygen atoms in total. The van der Waals surface area contributed by atoms with Crippen molar-refractivity contribution in [3.63, 3.8) is 0 Å². The number of nitrogens with zero attached hydrogens (tertiary/aromatic N) is 2. The molecule has 1 fully saturated rings. The average Bonchev–Trinajstić information content (AvgIpc) is 3.16. The molecule has 142 valence electrons. The second-order valence-electron chi connectivity index (χ2n) is 6.61. The van der Waals surface area contributed by atoms with Gasteiger partial charge in [-0.3, -0.25) is 9.69 Å². The Bertz CT molecular complexity index is 850. The number of methoxy groups -OCH3 is 1. The first-order chi connectivity index (χ1) is 13.1. The molecule has 0 unspecified atom stereocenters. The normalized spacial score (nSPS) is 16.4. The zero-order valence-corrected chi connectivity index (χ0v) is 15.1. The van der Waals surface area contributed by atoms with Crippen molar-refractivity contribution in [3.05, 3.63) is 53.3 Å². The number of carbonyl (C=O) groups excluding carboxylic acids is 1. The molecule has 0 N–H and O–H groups in total. The number of piperazine rings is 1. The quantitative estimate of drug-likeness (QED) is 0.826. The van der Waals surface area contributed by atoms with E-state index < -0.39 is 0 Å². The van der Waals surface area contributed by atoms with Crippen LogP contribution in [0.5, 0.6) is 17.2 Å². The maximum absolute atomic E-state index is 13.8. The molecule has 2 aromatic carbocycles. The number of hydrogen-bond donors (Lipinski definition) is 0. The van der Waals surface area contributed by atoms with Crippen LogP contribution < -0.4 is 14.2 Å². The minimum atomic E-state index is -0.355. The summed E-state index contributed by atoms with van der Waals surface area (Å²) in [6.45, 7) is 3.58. The van der Waals surface area contributed by atoms with E-state index in [2.05, 4.69) is 4.90 Å². The van der Waals surface area contributed by atoms with Gasteiger partial charge in [0.15, 0.2) is 23.1 Å². The number of benzene rings is 2. The predicted molar refractivity (Wildman–Crippen MR) is 96.7 cm³/mol. The maximum Gasteiger partial charge on any atom is 0.254 e. The highest BCUT2D eigenvalue weighted by Gasteiger charge is 2.24. The molecule has 0 atom stereocenters. The molecule has 0 bridgehead atoms. The first kappa shape index (κ1) is 17.6. The lowest BCUT2D eigenvalue weighted by atomic mass is 10.1. The van der Waals surface area contributed by atoms with Crippen LogP contribution in [-0.4, -0.2) is 55.8 Å². The molecule has 2 aliphatic heterocycles. The van der Waals surface area contributed by atoms with E-state index in [-0.39, 0.29) is 24.3 Å². The van der Waals surface area contributed by atoms with E-state index in [9.17, 15) is 9.18 Å². The van der Waals surface area contributed by atoms with E-state index in [1.54, 1.807) is 24.3 Å². The number of hydrogen-bond acceptors (Lipinski definition) is 5. The molecule has 1 amide bonds. The van der Waals surface area contributed by atoms with Gasteiger partial charge in [0.05, 0.1) is 7.11 Å². The molecule has 2 heterocycles. The van der Waals surface area contributed by atoms with Crippen LogP contribution in [0, 0.1) is 5.82 Å². The SMILES string of the molecule is COc1ccc(CN2CCN(C(=O)c3ccc4c(c3)OCO4)CC2)cc1F. The van der Waals surface area contributed by atoms with Crippen molar-refractivity contribution < 1.29 is 23.4 Å². The van der Waals surface area contributed by atoms with Gasteiger partial charge < -0.3 is 19.1 Å². The van der Waals surface area contributed by atoms with Crippen LogP contribution >= 0.6 is 0 Å². The summed E-state index contributed by atoms with van der Waals surface area (Å²) in [6, 6.07) is 10.3. The van der Waals surface area contributed by atoms with Crippen LogP contribution in [0.25, 0.3) is 0 Å². The smallest absolute Gasteiger partial charge is 0.254 e. The number of halogens is 1. The highest BCUT2D eigenvalue weighted by molar-refractivity contribution is 5.95. The number of rotatable bonds is 4. The lowest BCUT2D eigenvalue weighted by molar-refractivity contribution is 0.0628. The van der Waals surface area contributed by atoms with Gasteiger partial charge in [-0.05, 0) is 35.9 Å². The standard InChI is InChI=1S/C20H21FN2O4/c1-25-17-4-2-14(10-16(17)21)12-22-6-8-23(9-7-22)20(24)15-3-5-18-19(11-15)27-13-26-18/h2-5,10-11H,6-9,12-13H2,1H3. The molecule has 4 rings (SSSR count). The molecule has 0 aromatic heterocycles. The van der Waals surface area contributed by atoms with Crippen molar-refractivity contribution in [2.45, 2.75) is 6.54 Å². The summed E-state index contributed by atoms with van der Waals surface area (Å²) in [7, 11) is 1.45. The molecule has 0 saturated carbocycles. The van der Waals surface area contributed by atoms with Crippen LogP contribution in [0.15, 0.2) is 36.4 Å². The van der Waals surface area contributed by atoms with Gasteiger partial charge >= 0.3 is 0 Å². The van der Waals surface area contributed by atoms with E-state index >= 15 is 0 Å². The fourth-order valence-electron chi connectivity index (χ4n) is 3.39. The summed E-state index contributed by atoms with van der Waals surface area (Å²) in [6.07, 6.45) is 0. The Hall–Kier alpha value is -2.80. The Balaban J connectivity index is 1.34. The third kappa shape index (κ3) is 3.68. The summed E-state index contributed by atoms with van der Waals surface area (Å²) in [5.74, 6) is 1.16. The van der Waals surface area contributed by atoms with Crippen molar-refractivity contribution in [1.82, 2.24) is 9.80 Å². The monoisotopic (exact) mass is 372 g/mol. The van der Waals surface area contributed by atoms with Crippen molar-refractivity contribution in [2.24, 2.45) is 0 Å². The van der Waals surface area contributed by atoms with E-state index in [0.717, 1.165) is 18.7 Å². The van der Waals surface area contributed by atoms with Gasteiger partial charge in [0, 0.05) is 38.3 Å². The van der Waals surface area contributed by atoms with Gasteiger partial charge in [-0.2, -0.15) is 0 Å². The number of fused-ring (bicyclic) bond motifs is 1. The van der Waals surface area contributed by atoms with Gasteiger partial charge in [0.1, 0.15) is 0 Å². The number of amides is 1. The summed E-state index contributed by atoms with van der Waals surface area (Å²) in [4.78, 5) is 16.8. The minimum absolute atomic E-state index is 0.0107. The van der Waals surface area contributed by atoms with Crippen LogP contribution in [0.4, 0.5) is 4.39 Å². The molecule has 1 saturated heterocycles. The van der Waals surface area contributed by atoms with E-state index in [1.165, 1.54) is 13.2 Å². The Morgan fingerprint density at radius 3 is 2.59 bits per heavy atom. The van der Waals surface area contributed by atoms with Gasteiger partial charge in [-0.1, -0.05) is 6.07 Å². The van der Waals surface area contributed by atoms with Gasteiger partial charge in [-0.15, -0.1) is 0 Å². The van der Waals surface area contributed by atoms with E-state index in [4.69, 9.17) is 14.2 Å². The first-order valence-electron chi connectivity index (χ1n) is 8.88. The van der Waals surface area contributed by atoms with Crippen LogP contribution in [-0.2, 0) is 6.54 Å². The summed E-state index contributed by atoms with van der Waals surface area (Å²) < 4.78 is 29.4. The van der Waals surface area contributed by atoms with Gasteiger partial charge in [0.25, 0.3) is 5.91 Å². The van der Waals surface area contributed by atoms with Crippen LogP contribution in [0.1, 0.15) is 15.9 Å². The van der Waals surface area contributed by atoms with Crippen molar-refractivity contribution >= 4 is 5.91 Å². The second-order valence-corrected chi connectivity index (χ2v) is 6.61. The minimum Gasteiger partial charge on any atom is -0.494 e. The van der Waals surface area contributed by atoms with Gasteiger partial charge in [0.2, 0.25) is 6.79 Å². The molecule has 7 heteroatoms. The first-order valence-corrected chi connectivity index (χ1v) is 8.88. The lowest BCUT2D eigenvalue weighted by Gasteiger charge is -2.34. The van der Waals surface area contributed by atoms with E-state index in [1.807, 2.05) is 11.0 Å². The average molecular weight is 372 g/mol. The third-order valence-electron chi connectivity index (χ3n) is 4.90. The van der Waals surface area contributed by atoms with Gasteiger partial charge in [-0.25, -0.2) is 4.39 Å². The van der Waals surface area contributed by atoms with Crippen LogP contribution in [0.2, 0.25) is 0 Å². The maximum atomic E-state index is 13.8. The molecule has 27 heavy (non-hydrogen) atoms. The Kier molecular flexibility index (Phi) is 4.85. The summed E-state index contributed by atoms with van der Waals surface area (Å²) >= 11 is 0. The lowest BCUT2D eigenvalue weighted by Crippen LogP contribution is -2.48. The molecule has 0 aliphatic carbocycles. The zero-order chi connectivity index (χ0) is 18.8. The van der Waals surface area contributed by atoms with Crippen LogP contribution in [0.3, 0.4) is 0 Å². The Morgan fingerprint density at radius 1 is 1.07 bits per heavy atom. The molecule has 2 aliphatic rings. The molecule has 2 aromatic rings. The molecular formula is C20H21FN2O4. The molecule has 0 spiro atoms. The third-order valence-corrected chi connectivity index (χ3v) is 4.90. The fourth-order valence-corrected chi connectivity index (χ4v) is 3.39. The Labute approximate surface area is 157 Å².